The summed E-state index contributed by atoms with van der Waals surface area (Å²) in [6, 6.07) is 0.305. The van der Waals surface area contributed by atoms with E-state index < -0.39 is 11.2 Å². The average molecular weight is 334 g/mol. The van der Waals surface area contributed by atoms with E-state index in [1.165, 1.54) is 19.0 Å². The van der Waals surface area contributed by atoms with E-state index in [2.05, 4.69) is 28.7 Å². The van der Waals surface area contributed by atoms with Crippen LogP contribution in [0.2, 0.25) is 0 Å². The molecule has 1 amide bonds. The largest absolute Gasteiger partial charge is 0.337 e. The Hall–Kier alpha value is -1.89. The summed E-state index contributed by atoms with van der Waals surface area (Å²) < 4.78 is 0. The van der Waals surface area contributed by atoms with Crippen LogP contribution in [0.4, 0.5) is 0 Å². The molecule has 0 spiro atoms. The third-order valence-electron chi connectivity index (χ3n) is 5.05. The van der Waals surface area contributed by atoms with Gasteiger partial charge in [-0.3, -0.25) is 19.5 Å². The molecule has 0 unspecified atom stereocenters. The Bertz CT molecular complexity index is 704. The molecule has 132 valence electrons. The first-order chi connectivity index (χ1) is 11.5. The quantitative estimate of drug-likeness (QED) is 0.846. The van der Waals surface area contributed by atoms with Crippen LogP contribution in [0, 0.1) is 11.8 Å². The maximum atomic E-state index is 12.8. The van der Waals surface area contributed by atoms with Crippen molar-refractivity contribution in [2.24, 2.45) is 11.8 Å². The summed E-state index contributed by atoms with van der Waals surface area (Å²) in [6.07, 6.45) is 4.76. The van der Waals surface area contributed by atoms with Gasteiger partial charge in [0, 0.05) is 38.4 Å². The third-order valence-corrected chi connectivity index (χ3v) is 5.05. The minimum absolute atomic E-state index is 0.00718. The summed E-state index contributed by atoms with van der Waals surface area (Å²) in [4.78, 5) is 44.6. The number of aromatic amines is 2. The highest BCUT2D eigenvalue weighted by molar-refractivity contribution is 5.93. The Morgan fingerprint density at radius 2 is 2.04 bits per heavy atom. The van der Waals surface area contributed by atoms with Gasteiger partial charge >= 0.3 is 5.69 Å². The predicted octanol–water partition coefficient (Wildman–Crippen LogP) is 0.646. The monoisotopic (exact) mass is 334 g/mol. The summed E-state index contributed by atoms with van der Waals surface area (Å²) in [7, 11) is 0. The number of hydrogen-bond donors (Lipinski definition) is 2. The van der Waals surface area contributed by atoms with Crippen molar-refractivity contribution >= 4 is 5.91 Å². The zero-order valence-corrected chi connectivity index (χ0v) is 14.4. The fourth-order valence-corrected chi connectivity index (χ4v) is 3.48. The van der Waals surface area contributed by atoms with Crippen molar-refractivity contribution in [3.63, 3.8) is 0 Å². The maximum absolute atomic E-state index is 12.8. The molecule has 7 nitrogen and oxygen atoms in total. The molecule has 2 fully saturated rings. The number of amides is 1. The summed E-state index contributed by atoms with van der Waals surface area (Å²) in [5.74, 6) is 0.952. The Kier molecular flexibility index (Phi) is 4.89. The third kappa shape index (κ3) is 3.77. The highest BCUT2D eigenvalue weighted by Crippen LogP contribution is 2.31. The number of carbonyl (C=O) groups is 1. The van der Waals surface area contributed by atoms with Crippen LogP contribution in [0.3, 0.4) is 0 Å². The van der Waals surface area contributed by atoms with Crippen LogP contribution in [0.1, 0.15) is 43.5 Å². The van der Waals surface area contributed by atoms with Gasteiger partial charge in [-0.15, -0.1) is 0 Å². The molecule has 2 aliphatic rings. The first-order valence-corrected chi connectivity index (χ1v) is 8.81. The van der Waals surface area contributed by atoms with E-state index in [9.17, 15) is 14.4 Å². The minimum Gasteiger partial charge on any atom is -0.337 e. The Balaban J connectivity index is 1.78. The van der Waals surface area contributed by atoms with Crippen molar-refractivity contribution < 1.29 is 4.79 Å². The number of nitrogens with zero attached hydrogens (tertiary/aromatic N) is 2. The molecule has 2 N–H and O–H groups in total. The predicted molar refractivity (Wildman–Crippen MR) is 91.1 cm³/mol. The Morgan fingerprint density at radius 1 is 1.29 bits per heavy atom. The van der Waals surface area contributed by atoms with Crippen LogP contribution in [0.5, 0.6) is 0 Å². The van der Waals surface area contributed by atoms with Crippen LogP contribution < -0.4 is 11.2 Å². The second-order valence-electron chi connectivity index (χ2n) is 7.34. The summed E-state index contributed by atoms with van der Waals surface area (Å²) in [5.41, 5.74) is -1.21. The van der Waals surface area contributed by atoms with E-state index >= 15 is 0 Å². The van der Waals surface area contributed by atoms with Crippen LogP contribution in [-0.4, -0.2) is 57.9 Å². The van der Waals surface area contributed by atoms with Crippen LogP contribution in [0.25, 0.3) is 0 Å². The topological polar surface area (TPSA) is 89.3 Å². The van der Waals surface area contributed by atoms with Gasteiger partial charge in [0.15, 0.2) is 0 Å². The lowest BCUT2D eigenvalue weighted by Crippen LogP contribution is -2.47. The molecule has 0 bridgehead atoms. The standard InChI is InChI=1S/C17H26N4O3/c1-11(2)14-10-21(7-3-6-20(14)9-12-4-5-12)16(23)13-8-18-17(24)19-15(13)22/h8,11-12,14H,3-7,9-10H2,1-2H3,(H2,18,19,22,24)/t14-/m1/s1. The van der Waals surface area contributed by atoms with Gasteiger partial charge in [-0.25, -0.2) is 4.79 Å². The number of nitrogens with one attached hydrogen (secondary N) is 2. The van der Waals surface area contributed by atoms with Crippen molar-refractivity contribution in [1.29, 1.82) is 0 Å². The van der Waals surface area contributed by atoms with E-state index in [0.29, 0.717) is 25.0 Å². The van der Waals surface area contributed by atoms with Gasteiger partial charge in [0.05, 0.1) is 0 Å². The Morgan fingerprint density at radius 3 is 2.67 bits per heavy atom. The fraction of sp³-hybridized carbons (Fsp3) is 0.706. The lowest BCUT2D eigenvalue weighted by molar-refractivity contribution is 0.0702. The van der Waals surface area contributed by atoms with Crippen molar-refractivity contribution in [1.82, 2.24) is 19.8 Å². The van der Waals surface area contributed by atoms with Gasteiger partial charge in [-0.2, -0.15) is 0 Å². The summed E-state index contributed by atoms with van der Waals surface area (Å²) in [5, 5.41) is 0. The molecule has 2 heterocycles. The van der Waals surface area contributed by atoms with Gasteiger partial charge in [0.1, 0.15) is 5.56 Å². The number of aromatic nitrogens is 2. The van der Waals surface area contributed by atoms with Crippen molar-refractivity contribution in [3.05, 3.63) is 32.6 Å². The van der Waals surface area contributed by atoms with Gasteiger partial charge in [0.2, 0.25) is 0 Å². The molecule has 1 saturated carbocycles. The molecule has 1 atom stereocenters. The smallest absolute Gasteiger partial charge is 0.325 e. The van der Waals surface area contributed by atoms with Gasteiger partial charge in [-0.1, -0.05) is 13.8 Å². The first kappa shape index (κ1) is 17.0. The van der Waals surface area contributed by atoms with E-state index in [4.69, 9.17) is 0 Å². The van der Waals surface area contributed by atoms with E-state index in [0.717, 1.165) is 25.4 Å². The maximum Gasteiger partial charge on any atom is 0.325 e. The van der Waals surface area contributed by atoms with Gasteiger partial charge in [0.25, 0.3) is 11.5 Å². The lowest BCUT2D eigenvalue weighted by atomic mass is 10.0. The molecule has 0 radical (unpaired) electrons. The molecule has 24 heavy (non-hydrogen) atoms. The summed E-state index contributed by atoms with van der Waals surface area (Å²) >= 11 is 0. The van der Waals surface area contributed by atoms with E-state index in [-0.39, 0.29) is 11.5 Å². The number of hydrogen-bond acceptors (Lipinski definition) is 4. The SMILES string of the molecule is CC(C)[C@H]1CN(C(=O)c2c[nH]c(=O)[nH]c2=O)CCCN1CC1CC1. The van der Waals surface area contributed by atoms with Crippen LogP contribution in [-0.2, 0) is 0 Å². The molecule has 3 rings (SSSR count). The highest BCUT2D eigenvalue weighted by Gasteiger charge is 2.33. The second-order valence-corrected chi connectivity index (χ2v) is 7.34. The second kappa shape index (κ2) is 6.93. The number of H-pyrrole nitrogens is 2. The van der Waals surface area contributed by atoms with Crippen LogP contribution in [0.15, 0.2) is 15.8 Å². The summed E-state index contributed by atoms with van der Waals surface area (Å²) in [6.45, 7) is 7.75. The molecule has 1 saturated heterocycles. The molecular formula is C17H26N4O3. The van der Waals surface area contributed by atoms with Crippen molar-refractivity contribution in [2.75, 3.05) is 26.2 Å². The average Bonchev–Trinajstić information content (AvgIpc) is 3.34. The van der Waals surface area contributed by atoms with Crippen molar-refractivity contribution in [3.8, 4) is 0 Å². The normalized spacial score (nSPS) is 22.6. The fourth-order valence-electron chi connectivity index (χ4n) is 3.48. The first-order valence-electron chi connectivity index (χ1n) is 8.81. The molecule has 1 aromatic rings. The molecule has 0 aromatic carbocycles. The molecule has 1 aromatic heterocycles. The van der Waals surface area contributed by atoms with E-state index in [1.807, 2.05) is 0 Å². The lowest BCUT2D eigenvalue weighted by Gasteiger charge is -2.34. The van der Waals surface area contributed by atoms with Gasteiger partial charge in [-0.05, 0) is 31.1 Å². The van der Waals surface area contributed by atoms with Crippen LogP contribution >= 0.6 is 0 Å². The molecule has 1 aliphatic carbocycles. The molecule has 1 aliphatic heterocycles. The highest BCUT2D eigenvalue weighted by atomic mass is 16.2. The zero-order chi connectivity index (χ0) is 17.3. The minimum atomic E-state index is -0.621. The van der Waals surface area contributed by atoms with Gasteiger partial charge < -0.3 is 9.88 Å². The van der Waals surface area contributed by atoms with E-state index in [1.54, 1.807) is 4.90 Å². The Labute approximate surface area is 141 Å². The number of rotatable bonds is 4. The van der Waals surface area contributed by atoms with Crippen molar-refractivity contribution in [2.45, 2.75) is 39.2 Å². The molecular weight excluding hydrogens is 308 g/mol. The molecule has 7 heteroatoms. The zero-order valence-electron chi connectivity index (χ0n) is 14.4. The number of carbonyl (C=O) groups excluding carboxylic acids is 1.